The molecule has 10 heteroatoms. The molecular formula is C31H27ClN2O7. The van der Waals surface area contributed by atoms with Crippen LogP contribution in [-0.4, -0.2) is 48.6 Å². The van der Waals surface area contributed by atoms with Gasteiger partial charge in [0, 0.05) is 23.7 Å². The van der Waals surface area contributed by atoms with Crippen molar-refractivity contribution in [3.05, 3.63) is 112 Å². The summed E-state index contributed by atoms with van der Waals surface area (Å²) in [5.74, 6) is 1.07. The fraction of sp³-hybridized carbons (Fsp3) is 0.194. The number of nitrogens with zero attached hydrogens (tertiary/aromatic N) is 2. The number of carbonyl (C=O) groups excluding carboxylic acids is 2. The summed E-state index contributed by atoms with van der Waals surface area (Å²) in [6, 6.07) is 16.8. The van der Waals surface area contributed by atoms with Gasteiger partial charge in [0.15, 0.2) is 16.9 Å². The van der Waals surface area contributed by atoms with Gasteiger partial charge < -0.3 is 28.4 Å². The second-order valence-corrected chi connectivity index (χ2v) is 9.81. The van der Waals surface area contributed by atoms with E-state index in [0.717, 1.165) is 5.56 Å². The van der Waals surface area contributed by atoms with Gasteiger partial charge in [-0.05, 0) is 60.2 Å². The molecule has 0 fully saturated rings. The van der Waals surface area contributed by atoms with Crippen LogP contribution in [0.25, 0.3) is 11.0 Å². The van der Waals surface area contributed by atoms with Crippen LogP contribution >= 0.6 is 11.6 Å². The van der Waals surface area contributed by atoms with Crippen LogP contribution in [0.3, 0.4) is 0 Å². The number of amides is 2. The summed E-state index contributed by atoms with van der Waals surface area (Å²) in [6.07, 6.45) is 2.90. The Bertz CT molecular complexity index is 1670. The summed E-state index contributed by atoms with van der Waals surface area (Å²) in [5.41, 5.74) is 1.52. The quantitative estimate of drug-likeness (QED) is 0.245. The molecule has 41 heavy (non-hydrogen) atoms. The van der Waals surface area contributed by atoms with E-state index >= 15 is 0 Å². The molecule has 1 aliphatic heterocycles. The molecule has 0 saturated heterocycles. The van der Waals surface area contributed by atoms with Crippen molar-refractivity contribution in [3.63, 3.8) is 0 Å². The maximum atomic E-state index is 13.8. The second kappa shape index (κ2) is 12.2. The topological polar surface area (TPSA) is 98.5 Å². The van der Waals surface area contributed by atoms with E-state index in [1.165, 1.54) is 22.1 Å². The van der Waals surface area contributed by atoms with E-state index in [-0.39, 0.29) is 55.8 Å². The lowest BCUT2D eigenvalue weighted by Gasteiger charge is -2.27. The minimum Gasteiger partial charge on any atom is -0.497 e. The fourth-order valence-corrected chi connectivity index (χ4v) is 4.68. The largest absolute Gasteiger partial charge is 0.497 e. The molecule has 1 aromatic heterocycles. The van der Waals surface area contributed by atoms with E-state index in [4.69, 9.17) is 30.2 Å². The predicted octanol–water partition coefficient (Wildman–Crippen LogP) is 5.04. The fourth-order valence-electron chi connectivity index (χ4n) is 4.50. The molecule has 2 heterocycles. The Hall–Kier alpha value is -4.76. The Kier molecular flexibility index (Phi) is 8.26. The lowest BCUT2D eigenvalue weighted by Crippen LogP contribution is -2.43. The van der Waals surface area contributed by atoms with Crippen LogP contribution in [0.1, 0.15) is 21.5 Å². The van der Waals surface area contributed by atoms with E-state index in [0.29, 0.717) is 38.8 Å². The highest BCUT2D eigenvalue weighted by Crippen LogP contribution is 2.33. The van der Waals surface area contributed by atoms with Gasteiger partial charge in [0.2, 0.25) is 12.7 Å². The maximum Gasteiger partial charge on any atom is 0.254 e. The Labute approximate surface area is 241 Å². The number of fused-ring (bicyclic) bond motifs is 2. The normalized spacial score (nSPS) is 11.8. The van der Waals surface area contributed by atoms with Crippen LogP contribution in [0, 0.1) is 0 Å². The molecule has 9 nitrogen and oxygen atoms in total. The van der Waals surface area contributed by atoms with Crippen molar-refractivity contribution in [2.45, 2.75) is 13.1 Å². The van der Waals surface area contributed by atoms with Crippen molar-refractivity contribution < 1.29 is 28.2 Å². The van der Waals surface area contributed by atoms with Gasteiger partial charge in [-0.1, -0.05) is 23.7 Å². The summed E-state index contributed by atoms with van der Waals surface area (Å²) in [4.78, 5) is 43.4. The van der Waals surface area contributed by atoms with Crippen LogP contribution < -0.4 is 19.6 Å². The minimum absolute atomic E-state index is 0.0588. The summed E-state index contributed by atoms with van der Waals surface area (Å²) >= 11 is 6.12. The van der Waals surface area contributed by atoms with Crippen molar-refractivity contribution in [2.24, 2.45) is 0 Å². The summed E-state index contributed by atoms with van der Waals surface area (Å²) in [6.45, 7) is 3.84. The van der Waals surface area contributed by atoms with E-state index in [9.17, 15) is 14.4 Å². The third-order valence-corrected chi connectivity index (χ3v) is 6.87. The first kappa shape index (κ1) is 27.8. The zero-order valence-corrected chi connectivity index (χ0v) is 23.1. The van der Waals surface area contributed by atoms with Gasteiger partial charge in [-0.15, -0.1) is 6.58 Å². The van der Waals surface area contributed by atoms with E-state index in [1.54, 1.807) is 61.7 Å². The Morgan fingerprint density at radius 2 is 1.78 bits per heavy atom. The van der Waals surface area contributed by atoms with Crippen molar-refractivity contribution in [2.75, 3.05) is 27.0 Å². The van der Waals surface area contributed by atoms with Crippen molar-refractivity contribution in [1.29, 1.82) is 0 Å². The lowest BCUT2D eigenvalue weighted by atomic mass is 10.1. The smallest absolute Gasteiger partial charge is 0.254 e. The van der Waals surface area contributed by atoms with Crippen LogP contribution in [0.4, 0.5) is 0 Å². The molecule has 210 valence electrons. The Morgan fingerprint density at radius 1 is 1.00 bits per heavy atom. The van der Waals surface area contributed by atoms with Crippen LogP contribution in [-0.2, 0) is 17.9 Å². The monoisotopic (exact) mass is 574 g/mol. The number of ether oxygens (including phenoxy) is 3. The van der Waals surface area contributed by atoms with E-state index in [1.807, 2.05) is 6.07 Å². The molecule has 4 aromatic rings. The van der Waals surface area contributed by atoms with Gasteiger partial charge in [-0.25, -0.2) is 0 Å². The maximum absolute atomic E-state index is 13.8. The zero-order chi connectivity index (χ0) is 28.9. The molecule has 3 aromatic carbocycles. The van der Waals surface area contributed by atoms with Crippen molar-refractivity contribution >= 4 is 34.4 Å². The number of benzene rings is 3. The summed E-state index contributed by atoms with van der Waals surface area (Å²) in [5, 5.41) is 0.709. The molecule has 0 spiro atoms. The second-order valence-electron chi connectivity index (χ2n) is 9.37. The van der Waals surface area contributed by atoms with Crippen LogP contribution in [0.2, 0.25) is 5.02 Å². The first-order valence-corrected chi connectivity index (χ1v) is 13.1. The van der Waals surface area contributed by atoms with Crippen LogP contribution in [0.5, 0.6) is 17.2 Å². The molecular weight excluding hydrogens is 548 g/mol. The summed E-state index contributed by atoms with van der Waals surface area (Å²) < 4.78 is 21.8. The van der Waals surface area contributed by atoms with Crippen molar-refractivity contribution in [1.82, 2.24) is 9.80 Å². The van der Waals surface area contributed by atoms with Gasteiger partial charge in [0.1, 0.15) is 17.9 Å². The van der Waals surface area contributed by atoms with Gasteiger partial charge in [-0.3, -0.25) is 14.4 Å². The number of halogens is 1. The standard InChI is InChI=1S/C31H27ClN2O7/c1-3-12-33(31(37)21-5-8-24(38-2)9-6-21)17-29(35)34(15-20-4-10-27-28(13-20)41-19-40-27)16-22-18-39-26-11-7-23(32)14-25(26)30(22)36/h3-11,13-14,18H,1,12,15-17,19H2,2H3. The number of rotatable bonds is 10. The minimum atomic E-state index is -0.378. The first-order chi connectivity index (χ1) is 19.9. The molecule has 0 bridgehead atoms. The third-order valence-electron chi connectivity index (χ3n) is 6.63. The molecule has 1 aliphatic rings. The van der Waals surface area contributed by atoms with Gasteiger partial charge in [-0.2, -0.15) is 0 Å². The van der Waals surface area contributed by atoms with Gasteiger partial charge in [0.25, 0.3) is 5.91 Å². The van der Waals surface area contributed by atoms with Crippen molar-refractivity contribution in [3.8, 4) is 17.2 Å². The third kappa shape index (κ3) is 6.20. The highest BCUT2D eigenvalue weighted by atomic mass is 35.5. The van der Waals surface area contributed by atoms with Gasteiger partial charge in [0.05, 0.1) is 30.9 Å². The predicted molar refractivity (Wildman–Crippen MR) is 153 cm³/mol. The molecule has 0 N–H and O–H groups in total. The van der Waals surface area contributed by atoms with E-state index in [2.05, 4.69) is 6.58 Å². The molecule has 0 unspecified atom stereocenters. The highest BCUT2D eigenvalue weighted by molar-refractivity contribution is 6.31. The van der Waals surface area contributed by atoms with E-state index < -0.39 is 0 Å². The SMILES string of the molecule is C=CCN(CC(=O)N(Cc1ccc2c(c1)OCO2)Cc1coc2ccc(Cl)cc2c1=O)C(=O)c1ccc(OC)cc1. The summed E-state index contributed by atoms with van der Waals surface area (Å²) in [7, 11) is 1.54. The molecule has 0 radical (unpaired) electrons. The molecule has 5 rings (SSSR count). The number of carbonyl (C=O) groups is 2. The number of methoxy groups -OCH3 is 1. The molecule has 0 saturated carbocycles. The van der Waals surface area contributed by atoms with Gasteiger partial charge >= 0.3 is 0 Å². The number of hydrogen-bond acceptors (Lipinski definition) is 7. The zero-order valence-electron chi connectivity index (χ0n) is 22.3. The average molecular weight is 575 g/mol. The average Bonchev–Trinajstić information content (AvgIpc) is 3.46. The lowest BCUT2D eigenvalue weighted by molar-refractivity contribution is -0.133. The molecule has 0 aliphatic carbocycles. The highest BCUT2D eigenvalue weighted by Gasteiger charge is 2.24. The Morgan fingerprint density at radius 3 is 2.54 bits per heavy atom. The number of hydrogen-bond donors (Lipinski definition) is 0. The molecule has 0 atom stereocenters. The Balaban J connectivity index is 1.44. The molecule has 2 amide bonds. The van der Waals surface area contributed by atoms with Crippen LogP contribution in [0.15, 0.2) is 88.8 Å². The first-order valence-electron chi connectivity index (χ1n) is 12.8.